The van der Waals surface area contributed by atoms with Crippen LogP contribution in [-0.2, 0) is 5.60 Å². The van der Waals surface area contributed by atoms with Crippen LogP contribution in [0.3, 0.4) is 0 Å². The van der Waals surface area contributed by atoms with Crippen molar-refractivity contribution in [2.75, 3.05) is 25.1 Å². The van der Waals surface area contributed by atoms with E-state index in [-0.39, 0.29) is 0 Å². The van der Waals surface area contributed by atoms with Gasteiger partial charge in [-0.15, -0.1) is 0 Å². The van der Waals surface area contributed by atoms with Gasteiger partial charge < -0.3 is 10.4 Å². The van der Waals surface area contributed by atoms with E-state index in [0.29, 0.717) is 6.54 Å². The predicted molar refractivity (Wildman–Crippen MR) is 71.9 cm³/mol. The Balaban J connectivity index is 2.35. The Morgan fingerprint density at radius 2 is 2.00 bits per heavy atom. The van der Waals surface area contributed by atoms with Crippen LogP contribution < -0.4 is 5.32 Å². The van der Waals surface area contributed by atoms with Crippen molar-refractivity contribution in [2.45, 2.75) is 18.9 Å². The average molecular weight is 239 g/mol. The fourth-order valence-electron chi connectivity index (χ4n) is 1.57. The van der Waals surface area contributed by atoms with Crippen LogP contribution >= 0.6 is 11.8 Å². The molecule has 3 heteroatoms. The zero-order valence-corrected chi connectivity index (χ0v) is 10.9. The van der Waals surface area contributed by atoms with E-state index in [1.807, 2.05) is 49.0 Å². The molecule has 0 fully saturated rings. The molecule has 0 aromatic heterocycles. The molecule has 1 aromatic carbocycles. The van der Waals surface area contributed by atoms with Crippen LogP contribution in [0.2, 0.25) is 0 Å². The van der Waals surface area contributed by atoms with Crippen LogP contribution in [0.15, 0.2) is 30.3 Å². The molecule has 1 rings (SSSR count). The van der Waals surface area contributed by atoms with Crippen LogP contribution in [0.5, 0.6) is 0 Å². The highest BCUT2D eigenvalue weighted by atomic mass is 32.2. The summed E-state index contributed by atoms with van der Waals surface area (Å²) in [5.74, 6) is 1.17. The molecule has 0 radical (unpaired) electrons. The fourth-order valence-corrected chi connectivity index (χ4v) is 2.01. The summed E-state index contributed by atoms with van der Waals surface area (Å²) in [5, 5.41) is 13.6. The molecule has 16 heavy (non-hydrogen) atoms. The maximum Gasteiger partial charge on any atom is 0.0992 e. The summed E-state index contributed by atoms with van der Waals surface area (Å²) in [6, 6.07) is 9.80. The number of thioether (sulfide) groups is 1. The lowest BCUT2D eigenvalue weighted by Gasteiger charge is -2.24. The molecule has 1 aromatic rings. The lowest BCUT2D eigenvalue weighted by molar-refractivity contribution is 0.0572. The minimum absolute atomic E-state index is 0.603. The van der Waals surface area contributed by atoms with Gasteiger partial charge in [0.05, 0.1) is 5.60 Å². The van der Waals surface area contributed by atoms with Gasteiger partial charge in [-0.05, 0) is 37.5 Å². The molecule has 0 bridgehead atoms. The average Bonchev–Trinajstić information content (AvgIpc) is 2.30. The van der Waals surface area contributed by atoms with Gasteiger partial charge in [-0.2, -0.15) is 11.8 Å². The number of hydrogen-bond donors (Lipinski definition) is 2. The Morgan fingerprint density at radius 3 is 2.62 bits per heavy atom. The Labute approximate surface area is 102 Å². The lowest BCUT2D eigenvalue weighted by Crippen LogP contribution is -2.35. The molecule has 0 saturated carbocycles. The first-order valence-corrected chi connectivity index (χ1v) is 7.04. The molecule has 2 nitrogen and oxygen atoms in total. The molecule has 0 aliphatic heterocycles. The normalized spacial score (nSPS) is 14.7. The Hall–Kier alpha value is -0.510. The monoisotopic (exact) mass is 239 g/mol. The zero-order chi connectivity index (χ0) is 11.9. The third kappa shape index (κ3) is 4.56. The second kappa shape index (κ2) is 6.94. The summed E-state index contributed by atoms with van der Waals surface area (Å²) in [6.07, 6.45) is 3.26. The first kappa shape index (κ1) is 13.6. The largest absolute Gasteiger partial charge is 0.384 e. The highest BCUT2D eigenvalue weighted by Crippen LogP contribution is 2.18. The molecule has 0 aliphatic carbocycles. The molecule has 0 amide bonds. The van der Waals surface area contributed by atoms with E-state index < -0.39 is 5.60 Å². The molecule has 0 saturated heterocycles. The molecule has 0 aliphatic rings. The quantitative estimate of drug-likeness (QED) is 0.716. The minimum atomic E-state index is -0.777. The van der Waals surface area contributed by atoms with E-state index in [2.05, 4.69) is 11.6 Å². The van der Waals surface area contributed by atoms with Gasteiger partial charge in [0, 0.05) is 6.54 Å². The smallest absolute Gasteiger partial charge is 0.0992 e. The first-order valence-electron chi connectivity index (χ1n) is 5.64. The highest BCUT2D eigenvalue weighted by Gasteiger charge is 2.21. The molecule has 0 spiro atoms. The van der Waals surface area contributed by atoms with Crippen molar-refractivity contribution in [3.05, 3.63) is 35.9 Å². The van der Waals surface area contributed by atoms with Gasteiger partial charge in [0.15, 0.2) is 0 Å². The van der Waals surface area contributed by atoms with Crippen LogP contribution in [-0.4, -0.2) is 30.2 Å². The summed E-state index contributed by atoms with van der Waals surface area (Å²) >= 11 is 1.85. The van der Waals surface area contributed by atoms with E-state index in [9.17, 15) is 5.11 Å². The highest BCUT2D eigenvalue weighted by molar-refractivity contribution is 7.98. The van der Waals surface area contributed by atoms with E-state index >= 15 is 0 Å². The molecule has 90 valence electrons. The van der Waals surface area contributed by atoms with Gasteiger partial charge >= 0.3 is 0 Å². The molecule has 0 heterocycles. The van der Waals surface area contributed by atoms with Crippen molar-refractivity contribution < 1.29 is 5.11 Å². The fraction of sp³-hybridized carbons (Fsp3) is 0.538. The predicted octanol–water partition coefficient (Wildman–Crippen LogP) is 2.24. The summed E-state index contributed by atoms with van der Waals surface area (Å²) in [5.41, 5.74) is 0.188. The van der Waals surface area contributed by atoms with E-state index in [0.717, 1.165) is 18.5 Å². The van der Waals surface area contributed by atoms with Gasteiger partial charge in [-0.25, -0.2) is 0 Å². The zero-order valence-electron chi connectivity index (χ0n) is 10.1. The van der Waals surface area contributed by atoms with Gasteiger partial charge in [-0.3, -0.25) is 0 Å². The van der Waals surface area contributed by atoms with Crippen molar-refractivity contribution in [3.8, 4) is 0 Å². The van der Waals surface area contributed by atoms with Crippen molar-refractivity contribution in [2.24, 2.45) is 0 Å². The summed E-state index contributed by atoms with van der Waals surface area (Å²) < 4.78 is 0. The van der Waals surface area contributed by atoms with E-state index in [1.54, 1.807) is 0 Å². The molecular formula is C13H21NOS. The Bertz CT molecular complexity index is 287. The maximum atomic E-state index is 10.3. The first-order chi connectivity index (χ1) is 7.67. The van der Waals surface area contributed by atoms with Crippen molar-refractivity contribution in [1.82, 2.24) is 5.32 Å². The number of hydrogen-bond acceptors (Lipinski definition) is 3. The number of benzene rings is 1. The second-order valence-corrected chi connectivity index (χ2v) is 5.15. The molecule has 1 atom stereocenters. The minimum Gasteiger partial charge on any atom is -0.384 e. The van der Waals surface area contributed by atoms with Crippen LogP contribution in [0.1, 0.15) is 18.9 Å². The third-order valence-electron chi connectivity index (χ3n) is 2.57. The maximum absolute atomic E-state index is 10.3. The Kier molecular flexibility index (Phi) is 5.88. The van der Waals surface area contributed by atoms with Crippen LogP contribution in [0.25, 0.3) is 0 Å². The third-order valence-corrected chi connectivity index (χ3v) is 3.26. The van der Waals surface area contributed by atoms with Crippen molar-refractivity contribution in [3.63, 3.8) is 0 Å². The van der Waals surface area contributed by atoms with E-state index in [1.165, 1.54) is 5.75 Å². The summed E-state index contributed by atoms with van der Waals surface area (Å²) in [4.78, 5) is 0. The second-order valence-electron chi connectivity index (χ2n) is 4.16. The summed E-state index contributed by atoms with van der Waals surface area (Å²) in [7, 11) is 0. The molecular weight excluding hydrogens is 218 g/mol. The molecule has 2 N–H and O–H groups in total. The van der Waals surface area contributed by atoms with Gasteiger partial charge in [0.1, 0.15) is 0 Å². The van der Waals surface area contributed by atoms with E-state index in [4.69, 9.17) is 0 Å². The van der Waals surface area contributed by atoms with Crippen LogP contribution in [0, 0.1) is 0 Å². The van der Waals surface area contributed by atoms with Crippen molar-refractivity contribution >= 4 is 11.8 Å². The Morgan fingerprint density at radius 1 is 1.31 bits per heavy atom. The molecule has 1 unspecified atom stereocenters. The number of aliphatic hydroxyl groups is 1. The van der Waals surface area contributed by atoms with Gasteiger partial charge in [-0.1, -0.05) is 30.3 Å². The van der Waals surface area contributed by atoms with Gasteiger partial charge in [0.2, 0.25) is 0 Å². The van der Waals surface area contributed by atoms with Gasteiger partial charge in [0.25, 0.3) is 0 Å². The lowest BCUT2D eigenvalue weighted by atomic mass is 9.96. The topological polar surface area (TPSA) is 32.3 Å². The number of rotatable bonds is 7. The SMILES string of the molecule is CSCCCNCC(C)(O)c1ccccc1. The standard InChI is InChI=1S/C13H21NOS/c1-13(15,11-14-9-6-10-16-2)12-7-4-3-5-8-12/h3-5,7-8,14-15H,6,9-11H2,1-2H3. The summed E-state index contributed by atoms with van der Waals surface area (Å²) in [6.45, 7) is 3.42. The van der Waals surface area contributed by atoms with Crippen molar-refractivity contribution in [1.29, 1.82) is 0 Å². The van der Waals surface area contributed by atoms with Crippen LogP contribution in [0.4, 0.5) is 0 Å². The number of nitrogens with one attached hydrogen (secondary N) is 1.